The highest BCUT2D eigenvalue weighted by Gasteiger charge is 2.17. The number of nitrogen functional groups attached to an aromatic ring is 1. The molecular formula is C11H16N6O. The highest BCUT2D eigenvalue weighted by molar-refractivity contribution is 6.06. The highest BCUT2D eigenvalue weighted by Crippen LogP contribution is 2.16. The van der Waals surface area contributed by atoms with Gasteiger partial charge in [0.15, 0.2) is 11.5 Å². The molecule has 7 nitrogen and oxygen atoms in total. The minimum absolute atomic E-state index is 0.202. The van der Waals surface area contributed by atoms with Crippen LogP contribution in [0.4, 0.5) is 11.5 Å². The van der Waals surface area contributed by atoms with E-state index < -0.39 is 0 Å². The molecule has 18 heavy (non-hydrogen) atoms. The van der Waals surface area contributed by atoms with Crippen molar-refractivity contribution in [3.63, 3.8) is 0 Å². The first-order valence-electron chi connectivity index (χ1n) is 5.84. The first-order chi connectivity index (χ1) is 8.65. The van der Waals surface area contributed by atoms with Crippen LogP contribution < -0.4 is 11.1 Å². The summed E-state index contributed by atoms with van der Waals surface area (Å²) in [5.41, 5.74) is 8.12. The Kier molecular flexibility index (Phi) is 3.31. The highest BCUT2D eigenvalue weighted by atomic mass is 16.2. The van der Waals surface area contributed by atoms with Crippen molar-refractivity contribution in [3.05, 3.63) is 23.1 Å². The van der Waals surface area contributed by atoms with Crippen LogP contribution in [0.5, 0.6) is 0 Å². The number of anilines is 2. The summed E-state index contributed by atoms with van der Waals surface area (Å²) in [4.78, 5) is 11.9. The van der Waals surface area contributed by atoms with E-state index in [0.717, 1.165) is 17.8 Å². The van der Waals surface area contributed by atoms with Crippen molar-refractivity contribution < 1.29 is 4.79 Å². The topological polar surface area (TPSA) is 112 Å². The van der Waals surface area contributed by atoms with Gasteiger partial charge in [0, 0.05) is 11.8 Å². The van der Waals surface area contributed by atoms with E-state index in [-0.39, 0.29) is 11.6 Å². The quantitative estimate of drug-likeness (QED) is 0.648. The summed E-state index contributed by atoms with van der Waals surface area (Å²) in [5.74, 6) is 0.106. The minimum Gasteiger partial charge on any atom is -0.395 e. The first kappa shape index (κ1) is 12.2. The number of aromatic amines is 2. The van der Waals surface area contributed by atoms with E-state index in [1.807, 2.05) is 13.8 Å². The lowest BCUT2D eigenvalue weighted by Gasteiger charge is -1.99. The number of carbonyl (C=O) groups is 1. The fourth-order valence-corrected chi connectivity index (χ4v) is 1.61. The normalized spacial score (nSPS) is 10.6. The summed E-state index contributed by atoms with van der Waals surface area (Å²) in [6.07, 6.45) is 1.53. The molecule has 0 aromatic carbocycles. The van der Waals surface area contributed by atoms with Gasteiger partial charge in [0.1, 0.15) is 0 Å². The number of hydrogen-bond donors (Lipinski definition) is 4. The van der Waals surface area contributed by atoms with Crippen LogP contribution in [0.1, 0.15) is 35.7 Å². The summed E-state index contributed by atoms with van der Waals surface area (Å²) < 4.78 is 0. The lowest BCUT2D eigenvalue weighted by Crippen LogP contribution is -2.14. The molecule has 2 aromatic heterocycles. The van der Waals surface area contributed by atoms with Crippen molar-refractivity contribution >= 4 is 17.4 Å². The van der Waals surface area contributed by atoms with E-state index >= 15 is 0 Å². The Hall–Kier alpha value is -2.31. The summed E-state index contributed by atoms with van der Waals surface area (Å²) in [5, 5.41) is 16.1. The maximum Gasteiger partial charge on any atom is 0.279 e. The summed E-state index contributed by atoms with van der Waals surface area (Å²) in [6.45, 7) is 3.94. The van der Waals surface area contributed by atoms with Gasteiger partial charge in [-0.25, -0.2) is 0 Å². The fourth-order valence-electron chi connectivity index (χ4n) is 1.61. The third kappa shape index (κ3) is 2.20. The zero-order chi connectivity index (χ0) is 13.1. The minimum atomic E-state index is -0.363. The third-order valence-electron chi connectivity index (χ3n) is 2.70. The van der Waals surface area contributed by atoms with Gasteiger partial charge in [-0.15, -0.1) is 0 Å². The van der Waals surface area contributed by atoms with E-state index in [2.05, 4.69) is 25.7 Å². The van der Waals surface area contributed by atoms with Crippen molar-refractivity contribution in [1.29, 1.82) is 0 Å². The number of rotatable bonds is 4. The van der Waals surface area contributed by atoms with Gasteiger partial charge in [-0.1, -0.05) is 13.8 Å². The van der Waals surface area contributed by atoms with Crippen LogP contribution in [0.15, 0.2) is 6.07 Å². The molecule has 2 heterocycles. The molecule has 7 heteroatoms. The summed E-state index contributed by atoms with van der Waals surface area (Å²) in [7, 11) is 0. The Morgan fingerprint density at radius 1 is 1.33 bits per heavy atom. The lowest BCUT2D eigenvalue weighted by atomic mass is 10.2. The number of nitrogens with zero attached hydrogens (tertiary/aromatic N) is 2. The molecule has 0 fully saturated rings. The first-order valence-corrected chi connectivity index (χ1v) is 5.84. The maximum absolute atomic E-state index is 11.9. The number of hydrogen-bond acceptors (Lipinski definition) is 4. The third-order valence-corrected chi connectivity index (χ3v) is 2.70. The van der Waals surface area contributed by atoms with E-state index in [0.29, 0.717) is 17.9 Å². The Bertz CT molecular complexity index is 556. The van der Waals surface area contributed by atoms with Gasteiger partial charge < -0.3 is 11.1 Å². The van der Waals surface area contributed by atoms with Crippen LogP contribution >= 0.6 is 0 Å². The molecule has 2 rings (SSSR count). The Balaban J connectivity index is 2.14. The monoisotopic (exact) mass is 248 g/mol. The largest absolute Gasteiger partial charge is 0.395 e. The van der Waals surface area contributed by atoms with Crippen LogP contribution in [0.2, 0.25) is 0 Å². The number of aromatic nitrogens is 4. The molecule has 96 valence electrons. The summed E-state index contributed by atoms with van der Waals surface area (Å²) in [6, 6.07) is 1.78. The molecule has 0 aliphatic heterocycles. The number of H-pyrrole nitrogens is 2. The molecule has 0 saturated heterocycles. The molecule has 1 amide bonds. The predicted octanol–water partition coefficient (Wildman–Crippen LogP) is 1.09. The molecule has 0 bridgehead atoms. The lowest BCUT2D eigenvalue weighted by molar-refractivity contribution is 0.102. The SMILES string of the molecule is CCc1cc(NC(=O)c2n[nH]c(CC)c2N)n[nH]1. The molecule has 5 N–H and O–H groups in total. The van der Waals surface area contributed by atoms with Crippen molar-refractivity contribution in [2.75, 3.05) is 11.1 Å². The maximum atomic E-state index is 11.9. The fraction of sp³-hybridized carbons (Fsp3) is 0.364. The van der Waals surface area contributed by atoms with Crippen LogP contribution in [-0.4, -0.2) is 26.3 Å². The number of aryl methyl sites for hydroxylation is 2. The average Bonchev–Trinajstić information content (AvgIpc) is 2.95. The van der Waals surface area contributed by atoms with E-state index in [1.54, 1.807) is 6.07 Å². The zero-order valence-electron chi connectivity index (χ0n) is 10.4. The van der Waals surface area contributed by atoms with Crippen molar-refractivity contribution in [2.24, 2.45) is 0 Å². The molecular weight excluding hydrogens is 232 g/mol. The van der Waals surface area contributed by atoms with Gasteiger partial charge in [-0.3, -0.25) is 15.0 Å². The van der Waals surface area contributed by atoms with E-state index in [1.165, 1.54) is 0 Å². The molecule has 0 spiro atoms. The predicted molar refractivity (Wildman–Crippen MR) is 68.3 cm³/mol. The smallest absolute Gasteiger partial charge is 0.279 e. The van der Waals surface area contributed by atoms with Crippen molar-refractivity contribution in [3.8, 4) is 0 Å². The van der Waals surface area contributed by atoms with Crippen LogP contribution in [0, 0.1) is 0 Å². The molecule has 2 aromatic rings. The number of nitrogens with two attached hydrogens (primary N) is 1. The van der Waals surface area contributed by atoms with Gasteiger partial charge in [-0.05, 0) is 12.8 Å². The average molecular weight is 248 g/mol. The second-order valence-corrected chi connectivity index (χ2v) is 3.90. The molecule has 0 radical (unpaired) electrons. The van der Waals surface area contributed by atoms with Crippen LogP contribution in [0.3, 0.4) is 0 Å². The van der Waals surface area contributed by atoms with E-state index in [9.17, 15) is 4.79 Å². The van der Waals surface area contributed by atoms with Crippen molar-refractivity contribution in [2.45, 2.75) is 26.7 Å². The molecule has 0 saturated carbocycles. The Morgan fingerprint density at radius 3 is 2.67 bits per heavy atom. The Morgan fingerprint density at radius 2 is 2.11 bits per heavy atom. The van der Waals surface area contributed by atoms with Crippen molar-refractivity contribution in [1.82, 2.24) is 20.4 Å². The van der Waals surface area contributed by atoms with Crippen LogP contribution in [-0.2, 0) is 12.8 Å². The van der Waals surface area contributed by atoms with Gasteiger partial charge >= 0.3 is 0 Å². The number of carbonyl (C=O) groups excluding carboxylic acids is 1. The molecule has 0 unspecified atom stereocenters. The Labute approximate surface area is 104 Å². The van der Waals surface area contributed by atoms with Gasteiger partial charge in [-0.2, -0.15) is 10.2 Å². The van der Waals surface area contributed by atoms with Gasteiger partial charge in [0.05, 0.1) is 11.4 Å². The molecule has 0 atom stereocenters. The standard InChI is InChI=1S/C11H16N6O/c1-3-6-5-8(16-14-6)13-11(18)10-9(12)7(4-2)15-17-10/h5H,3-4,12H2,1-2H3,(H,15,17)(H2,13,14,16,18). The van der Waals surface area contributed by atoms with Gasteiger partial charge in [0.25, 0.3) is 5.91 Å². The molecule has 0 aliphatic carbocycles. The van der Waals surface area contributed by atoms with E-state index in [4.69, 9.17) is 5.73 Å². The molecule has 0 aliphatic rings. The number of amides is 1. The van der Waals surface area contributed by atoms with Gasteiger partial charge in [0.2, 0.25) is 0 Å². The zero-order valence-corrected chi connectivity index (χ0v) is 10.4. The summed E-state index contributed by atoms with van der Waals surface area (Å²) >= 11 is 0. The van der Waals surface area contributed by atoms with Crippen LogP contribution in [0.25, 0.3) is 0 Å². The number of nitrogens with one attached hydrogen (secondary N) is 3. The second kappa shape index (κ2) is 4.91. The second-order valence-electron chi connectivity index (χ2n) is 3.90.